The molecule has 1 amide bonds. The first kappa shape index (κ1) is 20.0. The van der Waals surface area contributed by atoms with Crippen LogP contribution < -0.4 is 11.1 Å². The molecule has 0 aliphatic carbocycles. The number of thioether (sulfide) groups is 1. The molecule has 0 atom stereocenters. The van der Waals surface area contributed by atoms with Crippen LogP contribution in [-0.2, 0) is 14.8 Å². The molecule has 0 saturated carbocycles. The summed E-state index contributed by atoms with van der Waals surface area (Å²) < 4.78 is 32.0. The molecule has 0 unspecified atom stereocenters. The molecule has 148 valence electrons. The summed E-state index contributed by atoms with van der Waals surface area (Å²) in [6.07, 6.45) is 3.95. The lowest BCUT2D eigenvalue weighted by atomic mass is 9.97. The molecule has 0 spiro atoms. The molecular weight excluding hydrogens is 390 g/mol. The minimum Gasteiger partial charge on any atom is -0.408 e. The summed E-state index contributed by atoms with van der Waals surface area (Å²) in [5.74, 6) is 0.228. The first-order valence-electron chi connectivity index (χ1n) is 8.81. The summed E-state index contributed by atoms with van der Waals surface area (Å²) in [5, 5.41) is 2.93. The molecule has 2 heterocycles. The van der Waals surface area contributed by atoms with Crippen LogP contribution in [0.1, 0.15) is 19.3 Å². The second-order valence-corrected chi connectivity index (χ2v) is 9.41. The van der Waals surface area contributed by atoms with Crippen molar-refractivity contribution in [1.82, 2.24) is 14.6 Å². The molecule has 3 rings (SSSR count). The van der Waals surface area contributed by atoms with Crippen LogP contribution in [0, 0.1) is 5.92 Å². The fraction of sp³-hybridized carbons (Fsp3) is 0.529. The highest BCUT2D eigenvalue weighted by Crippen LogP contribution is 2.25. The van der Waals surface area contributed by atoms with Gasteiger partial charge in [0.25, 0.3) is 0 Å². The third-order valence-electron chi connectivity index (χ3n) is 4.68. The lowest BCUT2D eigenvalue weighted by Crippen LogP contribution is -2.43. The number of aromatic amines is 1. The van der Waals surface area contributed by atoms with E-state index in [1.165, 1.54) is 22.5 Å². The normalized spacial score (nSPS) is 16.6. The number of amides is 1. The molecule has 1 fully saturated rings. The maximum Gasteiger partial charge on any atom is 0.417 e. The Kier molecular flexibility index (Phi) is 6.28. The van der Waals surface area contributed by atoms with Gasteiger partial charge >= 0.3 is 5.76 Å². The number of carbonyl (C=O) groups excluding carboxylic acids is 1. The van der Waals surface area contributed by atoms with E-state index in [-0.39, 0.29) is 22.3 Å². The molecule has 0 radical (unpaired) electrons. The Morgan fingerprint density at radius 1 is 1.37 bits per heavy atom. The summed E-state index contributed by atoms with van der Waals surface area (Å²) in [5.41, 5.74) is 0.663. The molecular formula is C17H23N3O5S2. The quantitative estimate of drug-likeness (QED) is 0.664. The third-order valence-corrected chi connectivity index (χ3v) is 7.27. The molecule has 1 aliphatic rings. The van der Waals surface area contributed by atoms with E-state index in [1.807, 2.05) is 6.26 Å². The van der Waals surface area contributed by atoms with Gasteiger partial charge in [-0.05, 0) is 43.4 Å². The molecule has 2 N–H and O–H groups in total. The maximum absolute atomic E-state index is 12.9. The molecule has 1 saturated heterocycles. The number of H-pyrrole nitrogens is 1. The number of carbonyl (C=O) groups is 1. The van der Waals surface area contributed by atoms with Crippen LogP contribution in [0.2, 0.25) is 0 Å². The number of fused-ring (bicyclic) bond motifs is 1. The van der Waals surface area contributed by atoms with Crippen LogP contribution in [0.3, 0.4) is 0 Å². The Balaban J connectivity index is 1.62. The van der Waals surface area contributed by atoms with Crippen LogP contribution in [-0.4, -0.2) is 55.3 Å². The van der Waals surface area contributed by atoms with Crippen molar-refractivity contribution in [2.24, 2.45) is 5.92 Å². The van der Waals surface area contributed by atoms with E-state index in [0.717, 1.165) is 12.2 Å². The third kappa shape index (κ3) is 4.56. The number of sulfonamides is 1. The van der Waals surface area contributed by atoms with Crippen LogP contribution in [0.25, 0.3) is 11.1 Å². The highest BCUT2D eigenvalue weighted by atomic mass is 32.2. The summed E-state index contributed by atoms with van der Waals surface area (Å²) in [6, 6.07) is 4.32. The van der Waals surface area contributed by atoms with Gasteiger partial charge in [0.2, 0.25) is 15.9 Å². The molecule has 2 aromatic rings. The van der Waals surface area contributed by atoms with Crippen molar-refractivity contribution in [3.63, 3.8) is 0 Å². The van der Waals surface area contributed by atoms with Crippen LogP contribution in [0.15, 0.2) is 32.3 Å². The fourth-order valence-corrected chi connectivity index (χ4v) is 5.08. The lowest BCUT2D eigenvalue weighted by Gasteiger charge is -2.30. The predicted molar refractivity (Wildman–Crippen MR) is 104 cm³/mol. The number of nitrogens with one attached hydrogen (secondary N) is 2. The lowest BCUT2D eigenvalue weighted by molar-refractivity contribution is -0.126. The highest BCUT2D eigenvalue weighted by molar-refractivity contribution is 7.98. The number of piperidine rings is 1. The summed E-state index contributed by atoms with van der Waals surface area (Å²) in [6.45, 7) is 1.24. The van der Waals surface area contributed by atoms with E-state index < -0.39 is 15.8 Å². The molecule has 1 aromatic heterocycles. The number of aromatic nitrogens is 1. The summed E-state index contributed by atoms with van der Waals surface area (Å²) in [7, 11) is -3.69. The van der Waals surface area contributed by atoms with Crippen LogP contribution in [0.5, 0.6) is 0 Å². The zero-order valence-electron chi connectivity index (χ0n) is 15.1. The highest BCUT2D eigenvalue weighted by Gasteiger charge is 2.32. The Morgan fingerprint density at radius 2 is 2.11 bits per heavy atom. The number of benzene rings is 1. The van der Waals surface area contributed by atoms with Crippen molar-refractivity contribution in [3.8, 4) is 0 Å². The van der Waals surface area contributed by atoms with E-state index in [0.29, 0.717) is 38.0 Å². The predicted octanol–water partition coefficient (Wildman–Crippen LogP) is 1.39. The molecule has 1 aromatic carbocycles. The minimum absolute atomic E-state index is 0.00340. The summed E-state index contributed by atoms with van der Waals surface area (Å²) in [4.78, 5) is 26.0. The second-order valence-electron chi connectivity index (χ2n) is 6.49. The van der Waals surface area contributed by atoms with E-state index in [9.17, 15) is 18.0 Å². The second kappa shape index (κ2) is 8.49. The van der Waals surface area contributed by atoms with E-state index >= 15 is 0 Å². The van der Waals surface area contributed by atoms with Crippen molar-refractivity contribution in [1.29, 1.82) is 0 Å². The summed E-state index contributed by atoms with van der Waals surface area (Å²) >= 11 is 1.74. The molecule has 10 heteroatoms. The van der Waals surface area contributed by atoms with Gasteiger partial charge in [-0.1, -0.05) is 0 Å². The van der Waals surface area contributed by atoms with Crippen molar-refractivity contribution in [2.75, 3.05) is 31.6 Å². The number of nitrogens with zero attached hydrogens (tertiary/aromatic N) is 1. The van der Waals surface area contributed by atoms with Crippen LogP contribution in [0.4, 0.5) is 0 Å². The van der Waals surface area contributed by atoms with Gasteiger partial charge < -0.3 is 9.73 Å². The maximum atomic E-state index is 12.9. The van der Waals surface area contributed by atoms with Crippen molar-refractivity contribution >= 4 is 38.8 Å². The average Bonchev–Trinajstić information content (AvgIpc) is 3.04. The van der Waals surface area contributed by atoms with Gasteiger partial charge in [-0.3, -0.25) is 9.78 Å². The Labute approximate surface area is 161 Å². The SMILES string of the molecule is CSCCCNC(=O)C1CCN(S(=O)(=O)c2ccc3[nH]c(=O)oc3c2)CC1. The monoisotopic (exact) mass is 413 g/mol. The van der Waals surface area contributed by atoms with E-state index in [4.69, 9.17) is 4.42 Å². The van der Waals surface area contributed by atoms with Crippen molar-refractivity contribution in [2.45, 2.75) is 24.2 Å². The van der Waals surface area contributed by atoms with E-state index in [2.05, 4.69) is 10.3 Å². The van der Waals surface area contributed by atoms with Gasteiger partial charge in [0.15, 0.2) is 5.58 Å². The molecule has 1 aliphatic heterocycles. The van der Waals surface area contributed by atoms with Gasteiger partial charge in [-0.2, -0.15) is 16.1 Å². The van der Waals surface area contributed by atoms with Crippen molar-refractivity contribution < 1.29 is 17.6 Å². The topological polar surface area (TPSA) is 112 Å². The Hall–Kier alpha value is -1.78. The molecule has 0 bridgehead atoms. The zero-order chi connectivity index (χ0) is 19.4. The van der Waals surface area contributed by atoms with Crippen molar-refractivity contribution in [3.05, 3.63) is 28.7 Å². The zero-order valence-corrected chi connectivity index (χ0v) is 16.7. The van der Waals surface area contributed by atoms with Gasteiger partial charge in [-0.25, -0.2) is 13.2 Å². The Morgan fingerprint density at radius 3 is 2.81 bits per heavy atom. The van der Waals surface area contributed by atoms with Gasteiger partial charge in [0.05, 0.1) is 10.4 Å². The fourth-order valence-electron chi connectivity index (χ4n) is 3.17. The first-order valence-corrected chi connectivity index (χ1v) is 11.6. The standard InChI is InChI=1S/C17H23N3O5S2/c1-26-10-2-7-18-16(21)12-5-8-20(9-6-12)27(23,24)13-3-4-14-15(11-13)25-17(22)19-14/h3-4,11-12H,2,5-10H2,1H3,(H,18,21)(H,19,22). The number of rotatable bonds is 7. The van der Waals surface area contributed by atoms with Gasteiger partial charge in [0.1, 0.15) is 0 Å². The average molecular weight is 414 g/mol. The van der Waals surface area contributed by atoms with Crippen LogP contribution >= 0.6 is 11.8 Å². The Bertz CT molecular complexity index is 958. The first-order chi connectivity index (χ1) is 12.9. The number of hydrogen-bond acceptors (Lipinski definition) is 6. The van der Waals surface area contributed by atoms with Gasteiger partial charge in [0, 0.05) is 31.6 Å². The van der Waals surface area contributed by atoms with Gasteiger partial charge in [-0.15, -0.1) is 0 Å². The largest absolute Gasteiger partial charge is 0.417 e. The number of oxazole rings is 1. The molecule has 27 heavy (non-hydrogen) atoms. The van der Waals surface area contributed by atoms with E-state index in [1.54, 1.807) is 11.8 Å². The molecule has 8 nitrogen and oxygen atoms in total. The smallest absolute Gasteiger partial charge is 0.408 e. The minimum atomic E-state index is -3.69. The number of hydrogen-bond donors (Lipinski definition) is 2.